The average Bonchev–Trinajstić information content (AvgIpc) is 2.58. The van der Waals surface area contributed by atoms with Crippen LogP contribution >= 0.6 is 12.2 Å². The van der Waals surface area contributed by atoms with Gasteiger partial charge < -0.3 is 20.3 Å². The van der Waals surface area contributed by atoms with Crippen LogP contribution in [0.15, 0.2) is 42.5 Å². The van der Waals surface area contributed by atoms with E-state index in [9.17, 15) is 4.39 Å². The lowest BCUT2D eigenvalue weighted by Gasteiger charge is -2.29. The van der Waals surface area contributed by atoms with Gasteiger partial charge in [-0.15, -0.1) is 0 Å². The highest BCUT2D eigenvalue weighted by Gasteiger charge is 2.15. The molecule has 0 bridgehead atoms. The molecule has 0 radical (unpaired) electrons. The van der Waals surface area contributed by atoms with Crippen molar-refractivity contribution in [1.29, 1.82) is 0 Å². The Morgan fingerprint density at radius 3 is 2.33 bits per heavy atom. The summed E-state index contributed by atoms with van der Waals surface area (Å²) in [4.78, 5) is 1.99. The summed E-state index contributed by atoms with van der Waals surface area (Å²) in [6.07, 6.45) is 0. The fourth-order valence-corrected chi connectivity index (χ4v) is 2.81. The Labute approximate surface area is 146 Å². The lowest BCUT2D eigenvalue weighted by molar-refractivity contribution is 0.122. The summed E-state index contributed by atoms with van der Waals surface area (Å²) in [5.74, 6) is -0.264. The number of hydrogen-bond acceptors (Lipinski definition) is 3. The fraction of sp³-hybridized carbons (Fsp3) is 0.278. The molecule has 6 heteroatoms. The quantitative estimate of drug-likeness (QED) is 0.828. The Morgan fingerprint density at radius 2 is 1.67 bits per heavy atom. The molecule has 1 aliphatic heterocycles. The number of aryl methyl sites for hydroxylation is 1. The lowest BCUT2D eigenvalue weighted by atomic mass is 10.2. The van der Waals surface area contributed by atoms with E-state index in [1.807, 2.05) is 42.2 Å². The SMILES string of the molecule is Cc1ccc(NC(=S)Nc2ccc(N3CCOCC3)c(F)c2)cc1. The van der Waals surface area contributed by atoms with Gasteiger partial charge in [0.25, 0.3) is 0 Å². The third kappa shape index (κ3) is 4.21. The molecule has 0 aromatic heterocycles. The number of hydrogen-bond donors (Lipinski definition) is 2. The van der Waals surface area contributed by atoms with Gasteiger partial charge in [-0.3, -0.25) is 0 Å². The Bertz CT molecular complexity index is 715. The first kappa shape index (κ1) is 16.7. The van der Waals surface area contributed by atoms with Crippen LogP contribution < -0.4 is 15.5 Å². The Kier molecular flexibility index (Phi) is 5.27. The van der Waals surface area contributed by atoms with Gasteiger partial charge in [0, 0.05) is 24.5 Å². The zero-order valence-electron chi connectivity index (χ0n) is 13.5. The average molecular weight is 345 g/mol. The molecule has 2 N–H and O–H groups in total. The van der Waals surface area contributed by atoms with Gasteiger partial charge >= 0.3 is 0 Å². The van der Waals surface area contributed by atoms with Crippen molar-refractivity contribution in [2.45, 2.75) is 6.92 Å². The molecule has 0 spiro atoms. The Morgan fingerprint density at radius 1 is 1.04 bits per heavy atom. The molecule has 1 aliphatic rings. The monoisotopic (exact) mass is 345 g/mol. The van der Waals surface area contributed by atoms with E-state index in [-0.39, 0.29) is 5.82 Å². The third-order valence-electron chi connectivity index (χ3n) is 3.87. The number of rotatable bonds is 3. The molecule has 0 amide bonds. The van der Waals surface area contributed by atoms with Crippen molar-refractivity contribution in [2.24, 2.45) is 0 Å². The van der Waals surface area contributed by atoms with Crippen molar-refractivity contribution < 1.29 is 9.13 Å². The van der Waals surface area contributed by atoms with E-state index in [1.165, 1.54) is 11.6 Å². The highest BCUT2D eigenvalue weighted by Crippen LogP contribution is 2.24. The molecule has 0 saturated carbocycles. The predicted molar refractivity (Wildman–Crippen MR) is 100 cm³/mol. The van der Waals surface area contributed by atoms with E-state index in [1.54, 1.807) is 6.07 Å². The summed E-state index contributed by atoms with van der Waals surface area (Å²) in [5, 5.41) is 6.53. The first-order valence-corrected chi connectivity index (χ1v) is 8.29. The number of morpholine rings is 1. The van der Waals surface area contributed by atoms with Crippen molar-refractivity contribution in [3.05, 3.63) is 53.8 Å². The van der Waals surface area contributed by atoms with Crippen molar-refractivity contribution in [3.8, 4) is 0 Å². The minimum atomic E-state index is -0.264. The van der Waals surface area contributed by atoms with Crippen molar-refractivity contribution in [1.82, 2.24) is 0 Å². The molecular weight excluding hydrogens is 325 g/mol. The van der Waals surface area contributed by atoms with Crippen molar-refractivity contribution in [3.63, 3.8) is 0 Å². The summed E-state index contributed by atoms with van der Waals surface area (Å²) in [6, 6.07) is 13.0. The largest absolute Gasteiger partial charge is 0.378 e. The maximum atomic E-state index is 14.4. The van der Waals surface area contributed by atoms with Crippen LogP contribution in [0.3, 0.4) is 0 Å². The van der Waals surface area contributed by atoms with Crippen LogP contribution in [-0.2, 0) is 4.74 Å². The normalized spacial score (nSPS) is 14.3. The number of anilines is 3. The minimum Gasteiger partial charge on any atom is -0.378 e. The van der Waals surface area contributed by atoms with E-state index >= 15 is 0 Å². The number of nitrogens with one attached hydrogen (secondary N) is 2. The summed E-state index contributed by atoms with van der Waals surface area (Å²) < 4.78 is 19.7. The van der Waals surface area contributed by atoms with Gasteiger partial charge in [0.15, 0.2) is 5.11 Å². The van der Waals surface area contributed by atoms with Crippen LogP contribution in [0.4, 0.5) is 21.5 Å². The summed E-state index contributed by atoms with van der Waals surface area (Å²) >= 11 is 5.28. The summed E-state index contributed by atoms with van der Waals surface area (Å²) in [7, 11) is 0. The third-order valence-corrected chi connectivity index (χ3v) is 4.07. The van der Waals surface area contributed by atoms with E-state index < -0.39 is 0 Å². The molecule has 1 heterocycles. The summed E-state index contributed by atoms with van der Waals surface area (Å²) in [6.45, 7) is 4.70. The van der Waals surface area contributed by atoms with Crippen LogP contribution in [0.25, 0.3) is 0 Å². The zero-order valence-corrected chi connectivity index (χ0v) is 14.3. The Hall–Kier alpha value is -2.18. The van der Waals surface area contributed by atoms with Crippen LogP contribution in [0.2, 0.25) is 0 Å². The molecule has 1 saturated heterocycles. The lowest BCUT2D eigenvalue weighted by Crippen LogP contribution is -2.36. The van der Waals surface area contributed by atoms with Gasteiger partial charge in [-0.2, -0.15) is 0 Å². The van der Waals surface area contributed by atoms with Gasteiger partial charge in [-0.25, -0.2) is 4.39 Å². The second-order valence-electron chi connectivity index (χ2n) is 5.71. The maximum Gasteiger partial charge on any atom is 0.175 e. The number of nitrogens with zero attached hydrogens (tertiary/aromatic N) is 1. The summed E-state index contributed by atoms with van der Waals surface area (Å²) in [5.41, 5.74) is 3.29. The number of benzene rings is 2. The fourth-order valence-electron chi connectivity index (χ4n) is 2.58. The van der Waals surface area contributed by atoms with E-state index in [2.05, 4.69) is 10.6 Å². The molecule has 0 atom stereocenters. The maximum absolute atomic E-state index is 14.4. The number of halogens is 1. The molecule has 2 aromatic carbocycles. The molecule has 2 aromatic rings. The molecule has 4 nitrogen and oxygen atoms in total. The van der Waals surface area contributed by atoms with Crippen LogP contribution in [-0.4, -0.2) is 31.4 Å². The first-order chi connectivity index (χ1) is 11.6. The van der Waals surface area contributed by atoms with Gasteiger partial charge in [0.2, 0.25) is 0 Å². The zero-order chi connectivity index (χ0) is 16.9. The molecular formula is C18H20FN3OS. The van der Waals surface area contributed by atoms with Crippen molar-refractivity contribution >= 4 is 34.4 Å². The van der Waals surface area contributed by atoms with Crippen molar-refractivity contribution in [2.75, 3.05) is 41.8 Å². The topological polar surface area (TPSA) is 36.5 Å². The molecule has 3 rings (SSSR count). The molecule has 0 aliphatic carbocycles. The Balaban J connectivity index is 1.63. The van der Waals surface area contributed by atoms with Crippen LogP contribution in [0.1, 0.15) is 5.56 Å². The standard InChI is InChI=1S/C18H20FN3OS/c1-13-2-4-14(5-3-13)20-18(24)21-15-6-7-17(16(19)12-15)22-8-10-23-11-9-22/h2-7,12H,8-11H2,1H3,(H2,20,21,24). The van der Waals surface area contributed by atoms with E-state index in [0.717, 1.165) is 5.69 Å². The second kappa shape index (κ2) is 7.59. The van der Waals surface area contributed by atoms with Gasteiger partial charge in [0.05, 0.1) is 18.9 Å². The number of thiocarbonyl (C=S) groups is 1. The van der Waals surface area contributed by atoms with Gasteiger partial charge in [-0.1, -0.05) is 17.7 Å². The van der Waals surface area contributed by atoms with Crippen LogP contribution in [0, 0.1) is 12.7 Å². The van der Waals surface area contributed by atoms with Gasteiger partial charge in [-0.05, 0) is 49.5 Å². The molecule has 24 heavy (non-hydrogen) atoms. The minimum absolute atomic E-state index is 0.264. The highest BCUT2D eigenvalue weighted by atomic mass is 32.1. The van der Waals surface area contributed by atoms with E-state index in [0.29, 0.717) is 42.8 Å². The highest BCUT2D eigenvalue weighted by molar-refractivity contribution is 7.80. The molecule has 0 unspecified atom stereocenters. The second-order valence-corrected chi connectivity index (χ2v) is 6.12. The molecule has 126 valence electrons. The van der Waals surface area contributed by atoms with Crippen LogP contribution in [0.5, 0.6) is 0 Å². The van der Waals surface area contributed by atoms with E-state index in [4.69, 9.17) is 17.0 Å². The predicted octanol–water partition coefficient (Wildman–Crippen LogP) is 3.78. The number of ether oxygens (including phenoxy) is 1. The smallest absolute Gasteiger partial charge is 0.175 e. The van der Waals surface area contributed by atoms with Gasteiger partial charge in [0.1, 0.15) is 5.82 Å². The molecule has 1 fully saturated rings. The first-order valence-electron chi connectivity index (χ1n) is 7.89.